The topological polar surface area (TPSA) is 172 Å². The van der Waals surface area contributed by atoms with E-state index in [2.05, 4.69) is 73.6 Å². The van der Waals surface area contributed by atoms with Gasteiger partial charge >= 0.3 is 0 Å². The van der Waals surface area contributed by atoms with Gasteiger partial charge in [-0.15, -0.1) is 0 Å². The lowest BCUT2D eigenvalue weighted by Crippen LogP contribution is -2.46. The van der Waals surface area contributed by atoms with E-state index in [4.69, 9.17) is 38.9 Å². The van der Waals surface area contributed by atoms with Gasteiger partial charge in [0.1, 0.15) is 54.4 Å². The Morgan fingerprint density at radius 3 is 1.95 bits per heavy atom. The largest absolute Gasteiger partial charge is 0.491 e. The standard InChI is InChI=1S/C47H69N9O6/c1-30(2)44-32(4)47(54-46(53-44)34-12-10-14-40(23-34)62-29-38(58)26-49-6)56(8)41-17-20-60-27-35(41)21-31(3)50-42-24-43(55(7)36-15-18-59-19-16-36)52-45(51-42)33-11-9-13-39(22-33)61-28-37(57)25-48-5/h9-14,22-24,30-31,35-38,41,48-49,57-58H,15-21,25-29H2,1-8H3,(H,50,51,52). The number of nitrogens with one attached hydrogen (secondary N) is 3. The summed E-state index contributed by atoms with van der Waals surface area (Å²) < 4.78 is 23.7. The molecule has 5 N–H and O–H groups in total. The Bertz CT molecular complexity index is 2020. The number of hydrogen-bond acceptors (Lipinski definition) is 15. The minimum Gasteiger partial charge on any atom is -0.491 e. The molecule has 0 saturated carbocycles. The van der Waals surface area contributed by atoms with Gasteiger partial charge in [0.15, 0.2) is 11.6 Å². The molecule has 15 heteroatoms. The Kier molecular flexibility index (Phi) is 17.1. The number of aliphatic hydroxyl groups excluding tert-OH is 2. The van der Waals surface area contributed by atoms with Crippen molar-refractivity contribution in [2.75, 3.05) is 96.0 Å². The zero-order valence-corrected chi connectivity index (χ0v) is 37.9. The van der Waals surface area contributed by atoms with Gasteiger partial charge in [-0.1, -0.05) is 38.1 Å². The van der Waals surface area contributed by atoms with Gasteiger partial charge in [0.25, 0.3) is 0 Å². The SMILES string of the molecule is CNCC(O)COc1cccc(-c2nc(NC(C)CC3COCCC3N(C)c3nc(-c4cccc(OCC(O)CNC)c4)nc(C(C)C)c3C)cc(N(C)C3CCOCC3)n2)c1. The van der Waals surface area contributed by atoms with E-state index in [-0.39, 0.29) is 37.1 Å². The van der Waals surface area contributed by atoms with Crippen LogP contribution in [0, 0.1) is 12.8 Å². The summed E-state index contributed by atoms with van der Waals surface area (Å²) in [5.41, 5.74) is 3.77. The van der Waals surface area contributed by atoms with Crippen LogP contribution < -0.4 is 35.2 Å². The molecule has 0 bridgehead atoms. The maximum absolute atomic E-state index is 10.2. The van der Waals surface area contributed by atoms with E-state index in [0.717, 1.165) is 78.7 Å². The van der Waals surface area contributed by atoms with Crippen LogP contribution in [0.25, 0.3) is 22.8 Å². The van der Waals surface area contributed by atoms with Crippen molar-refractivity contribution in [3.63, 3.8) is 0 Å². The first-order valence-electron chi connectivity index (χ1n) is 22.2. The molecule has 4 aromatic rings. The molecule has 0 radical (unpaired) electrons. The maximum atomic E-state index is 10.2. The van der Waals surface area contributed by atoms with Gasteiger partial charge in [0.2, 0.25) is 0 Å². The fourth-order valence-corrected chi connectivity index (χ4v) is 8.50. The quantitative estimate of drug-likeness (QED) is 0.0731. The third-order valence-electron chi connectivity index (χ3n) is 11.8. The van der Waals surface area contributed by atoms with Gasteiger partial charge in [-0.25, -0.2) is 19.9 Å². The first-order chi connectivity index (χ1) is 29.9. The first-order valence-corrected chi connectivity index (χ1v) is 22.2. The molecule has 62 heavy (non-hydrogen) atoms. The summed E-state index contributed by atoms with van der Waals surface area (Å²) in [7, 11) is 7.86. The summed E-state index contributed by atoms with van der Waals surface area (Å²) in [5, 5.41) is 30.2. The smallest absolute Gasteiger partial charge is 0.163 e. The average molecular weight is 856 g/mol. The summed E-state index contributed by atoms with van der Waals surface area (Å²) >= 11 is 0. The number of ether oxygens (including phenoxy) is 4. The highest BCUT2D eigenvalue weighted by molar-refractivity contribution is 5.64. The molecular formula is C47H69N9O6. The molecule has 2 aromatic heterocycles. The van der Waals surface area contributed by atoms with Gasteiger partial charge in [0, 0.05) is 93.8 Å². The lowest BCUT2D eigenvalue weighted by atomic mass is 9.88. The third-order valence-corrected chi connectivity index (χ3v) is 11.8. The predicted molar refractivity (Wildman–Crippen MR) is 246 cm³/mol. The Morgan fingerprint density at radius 2 is 1.35 bits per heavy atom. The van der Waals surface area contributed by atoms with Crippen molar-refractivity contribution in [2.24, 2.45) is 5.92 Å². The molecular weight excluding hydrogens is 787 g/mol. The molecule has 15 nitrogen and oxygen atoms in total. The number of hydrogen-bond donors (Lipinski definition) is 5. The molecule has 4 heterocycles. The predicted octanol–water partition coefficient (Wildman–Crippen LogP) is 5.30. The summed E-state index contributed by atoms with van der Waals surface area (Å²) in [4.78, 5) is 25.1. The molecule has 2 aliphatic heterocycles. The van der Waals surface area contributed by atoms with Crippen molar-refractivity contribution in [2.45, 2.75) is 89.6 Å². The second-order valence-corrected chi connectivity index (χ2v) is 17.1. The third kappa shape index (κ3) is 12.5. The molecule has 5 unspecified atom stereocenters. The van der Waals surface area contributed by atoms with E-state index in [1.54, 1.807) is 14.1 Å². The Labute approximate surface area is 368 Å². The van der Waals surface area contributed by atoms with E-state index in [1.165, 1.54) is 0 Å². The highest BCUT2D eigenvalue weighted by Crippen LogP contribution is 2.35. The van der Waals surface area contributed by atoms with Crippen LogP contribution in [0.1, 0.15) is 63.6 Å². The van der Waals surface area contributed by atoms with Gasteiger partial charge in [0.05, 0.1) is 12.3 Å². The molecule has 2 saturated heterocycles. The molecule has 0 aliphatic carbocycles. The van der Waals surface area contributed by atoms with Crippen LogP contribution in [0.15, 0.2) is 54.6 Å². The van der Waals surface area contributed by atoms with Crippen molar-refractivity contribution < 1.29 is 29.2 Å². The van der Waals surface area contributed by atoms with Crippen LogP contribution in [-0.4, -0.2) is 141 Å². The monoisotopic (exact) mass is 856 g/mol. The van der Waals surface area contributed by atoms with Crippen molar-refractivity contribution in [3.8, 4) is 34.3 Å². The number of benzene rings is 2. The second-order valence-electron chi connectivity index (χ2n) is 17.1. The van der Waals surface area contributed by atoms with E-state index in [9.17, 15) is 10.2 Å². The van der Waals surface area contributed by atoms with Crippen LogP contribution in [0.3, 0.4) is 0 Å². The van der Waals surface area contributed by atoms with E-state index >= 15 is 0 Å². The normalized spacial score (nSPS) is 18.6. The number of rotatable bonds is 21. The van der Waals surface area contributed by atoms with Gasteiger partial charge in [-0.2, -0.15) is 0 Å². The fourth-order valence-electron chi connectivity index (χ4n) is 8.50. The zero-order valence-electron chi connectivity index (χ0n) is 37.9. The molecule has 2 fully saturated rings. The summed E-state index contributed by atoms with van der Waals surface area (Å²) in [6.45, 7) is 12.7. The van der Waals surface area contributed by atoms with Gasteiger partial charge < -0.3 is 54.9 Å². The van der Waals surface area contributed by atoms with E-state index in [0.29, 0.717) is 55.5 Å². The lowest BCUT2D eigenvalue weighted by Gasteiger charge is -2.40. The minimum absolute atomic E-state index is 0.0487. The van der Waals surface area contributed by atoms with Gasteiger partial charge in [-0.05, 0) is 83.8 Å². The molecule has 2 aromatic carbocycles. The van der Waals surface area contributed by atoms with Crippen LogP contribution in [0.2, 0.25) is 0 Å². The summed E-state index contributed by atoms with van der Waals surface area (Å²) in [5.74, 6) is 5.43. The van der Waals surface area contributed by atoms with Crippen LogP contribution >= 0.6 is 0 Å². The minimum atomic E-state index is -0.624. The molecule has 0 spiro atoms. The zero-order chi connectivity index (χ0) is 44.2. The molecule has 0 amide bonds. The molecule has 338 valence electrons. The van der Waals surface area contributed by atoms with Crippen molar-refractivity contribution in [1.29, 1.82) is 0 Å². The first kappa shape index (κ1) is 46.9. The molecule has 2 aliphatic rings. The number of anilines is 3. The lowest BCUT2D eigenvalue weighted by molar-refractivity contribution is 0.0361. The maximum Gasteiger partial charge on any atom is 0.163 e. The van der Waals surface area contributed by atoms with E-state index < -0.39 is 12.2 Å². The van der Waals surface area contributed by atoms with E-state index in [1.807, 2.05) is 48.5 Å². The van der Waals surface area contributed by atoms with Crippen LogP contribution in [0.4, 0.5) is 17.5 Å². The van der Waals surface area contributed by atoms with Crippen LogP contribution in [-0.2, 0) is 9.47 Å². The highest BCUT2D eigenvalue weighted by Gasteiger charge is 2.33. The Balaban J connectivity index is 1.23. The van der Waals surface area contributed by atoms with Crippen molar-refractivity contribution in [1.82, 2.24) is 30.6 Å². The molecule has 6 rings (SSSR count). The van der Waals surface area contributed by atoms with Crippen molar-refractivity contribution >= 4 is 17.5 Å². The Hall–Kier alpha value is -4.64. The average Bonchev–Trinajstić information content (AvgIpc) is 3.28. The highest BCUT2D eigenvalue weighted by atomic mass is 16.5. The number of nitrogens with zero attached hydrogens (tertiary/aromatic N) is 6. The fraction of sp³-hybridized carbons (Fsp3) is 0.574. The Morgan fingerprint density at radius 1 is 0.758 bits per heavy atom. The molecule has 5 atom stereocenters. The second kappa shape index (κ2) is 22.6. The van der Waals surface area contributed by atoms with Gasteiger partial charge in [-0.3, -0.25) is 0 Å². The summed E-state index contributed by atoms with van der Waals surface area (Å²) in [6, 6.07) is 18.1. The number of aliphatic hydroxyl groups is 2. The number of likely N-dealkylation sites (N-methyl/N-ethyl adjacent to an activating group) is 2. The van der Waals surface area contributed by atoms with Crippen LogP contribution in [0.5, 0.6) is 11.5 Å². The number of aromatic nitrogens is 4. The van der Waals surface area contributed by atoms with Crippen molar-refractivity contribution in [3.05, 3.63) is 65.9 Å². The summed E-state index contributed by atoms with van der Waals surface area (Å²) in [6.07, 6.45) is 2.32.